The molecule has 2 aromatic carbocycles. The van der Waals surface area contributed by atoms with Crippen LogP contribution in [0.15, 0.2) is 52.8 Å². The van der Waals surface area contributed by atoms with E-state index in [9.17, 15) is 4.79 Å². The van der Waals surface area contributed by atoms with Crippen molar-refractivity contribution in [3.63, 3.8) is 0 Å². The Balaban J connectivity index is 2.11. The molecule has 3 nitrogen and oxygen atoms in total. The largest absolute Gasteiger partial charge is 0.478 e. The lowest BCUT2D eigenvalue weighted by atomic mass is 10.1. The standard InChI is InChI=1S/C15H10ClNO2S/c1-8-11-7-10(16)3-5-13(11)20-14-4-2-9(15(18)19)6-12(14)17-8/h2-7,17H,1H2,(H,18,19). The Kier molecular flexibility index (Phi) is 3.20. The summed E-state index contributed by atoms with van der Waals surface area (Å²) < 4.78 is 0. The summed E-state index contributed by atoms with van der Waals surface area (Å²) >= 11 is 7.58. The molecule has 0 spiro atoms. The lowest BCUT2D eigenvalue weighted by molar-refractivity contribution is 0.0697. The number of nitrogens with one attached hydrogen (secondary N) is 1. The van der Waals surface area contributed by atoms with E-state index in [1.54, 1.807) is 30.0 Å². The number of carboxylic acid groups (broad SMARTS) is 1. The SMILES string of the molecule is C=C1Nc2cc(C(=O)O)ccc2Sc2ccc(Cl)cc21. The van der Waals surface area contributed by atoms with Crippen LogP contribution in [0.5, 0.6) is 0 Å². The molecule has 1 aliphatic heterocycles. The summed E-state index contributed by atoms with van der Waals surface area (Å²) in [6.45, 7) is 4.00. The van der Waals surface area contributed by atoms with Crippen molar-refractivity contribution >= 4 is 40.7 Å². The summed E-state index contributed by atoms with van der Waals surface area (Å²) in [7, 11) is 0. The summed E-state index contributed by atoms with van der Waals surface area (Å²) in [4.78, 5) is 13.0. The molecular formula is C15H10ClNO2S. The van der Waals surface area contributed by atoms with Crippen LogP contribution in [0.25, 0.3) is 5.70 Å². The van der Waals surface area contributed by atoms with Crippen LogP contribution in [0, 0.1) is 0 Å². The molecule has 0 amide bonds. The van der Waals surface area contributed by atoms with Gasteiger partial charge in [-0.1, -0.05) is 29.9 Å². The fourth-order valence-electron chi connectivity index (χ4n) is 2.03. The summed E-state index contributed by atoms with van der Waals surface area (Å²) in [5, 5.41) is 12.9. The van der Waals surface area contributed by atoms with E-state index in [-0.39, 0.29) is 5.56 Å². The highest BCUT2D eigenvalue weighted by atomic mass is 35.5. The van der Waals surface area contributed by atoms with Gasteiger partial charge in [0.15, 0.2) is 0 Å². The minimum Gasteiger partial charge on any atom is -0.478 e. The molecule has 0 saturated heterocycles. The third-order valence-corrected chi connectivity index (χ3v) is 4.39. The highest BCUT2D eigenvalue weighted by Gasteiger charge is 2.18. The van der Waals surface area contributed by atoms with E-state index >= 15 is 0 Å². The van der Waals surface area contributed by atoms with Crippen LogP contribution in [0.4, 0.5) is 5.69 Å². The topological polar surface area (TPSA) is 49.3 Å². The number of hydrogen-bond acceptors (Lipinski definition) is 3. The second-order valence-electron chi connectivity index (χ2n) is 4.36. The molecule has 20 heavy (non-hydrogen) atoms. The second kappa shape index (κ2) is 4.89. The van der Waals surface area contributed by atoms with Gasteiger partial charge in [0.1, 0.15) is 0 Å². The average Bonchev–Trinajstić information content (AvgIpc) is 2.54. The van der Waals surface area contributed by atoms with Crippen LogP contribution >= 0.6 is 23.4 Å². The van der Waals surface area contributed by atoms with E-state index < -0.39 is 5.97 Å². The molecule has 100 valence electrons. The van der Waals surface area contributed by atoms with Gasteiger partial charge < -0.3 is 10.4 Å². The van der Waals surface area contributed by atoms with E-state index in [1.165, 1.54) is 0 Å². The molecule has 0 saturated carbocycles. The molecule has 0 bridgehead atoms. The first-order valence-electron chi connectivity index (χ1n) is 5.85. The number of carbonyl (C=O) groups is 1. The Morgan fingerprint density at radius 1 is 1.20 bits per heavy atom. The van der Waals surface area contributed by atoms with Crippen LogP contribution in [-0.4, -0.2) is 11.1 Å². The summed E-state index contributed by atoms with van der Waals surface area (Å²) in [6, 6.07) is 10.6. The first-order chi connectivity index (χ1) is 9.54. The van der Waals surface area contributed by atoms with Gasteiger partial charge in [0, 0.05) is 26.1 Å². The van der Waals surface area contributed by atoms with Gasteiger partial charge in [-0.15, -0.1) is 0 Å². The van der Waals surface area contributed by atoms with Gasteiger partial charge in [0.05, 0.1) is 11.3 Å². The molecule has 1 aliphatic rings. The Morgan fingerprint density at radius 2 is 1.95 bits per heavy atom. The number of hydrogen-bond donors (Lipinski definition) is 2. The van der Waals surface area contributed by atoms with Crippen molar-refractivity contribution in [3.05, 3.63) is 59.1 Å². The van der Waals surface area contributed by atoms with Gasteiger partial charge >= 0.3 is 5.97 Å². The van der Waals surface area contributed by atoms with Crippen molar-refractivity contribution in [2.24, 2.45) is 0 Å². The minimum absolute atomic E-state index is 0.244. The quantitative estimate of drug-likeness (QED) is 0.809. The molecule has 2 aromatic rings. The lowest BCUT2D eigenvalue weighted by Crippen LogP contribution is -2.00. The number of benzene rings is 2. The highest BCUT2D eigenvalue weighted by Crippen LogP contribution is 2.42. The molecule has 0 atom stereocenters. The Morgan fingerprint density at radius 3 is 2.70 bits per heavy atom. The molecule has 0 unspecified atom stereocenters. The number of anilines is 1. The number of halogens is 1. The summed E-state index contributed by atoms with van der Waals surface area (Å²) in [5.41, 5.74) is 2.62. The first kappa shape index (κ1) is 13.1. The molecule has 3 rings (SSSR count). The minimum atomic E-state index is -0.949. The van der Waals surface area contributed by atoms with Crippen molar-refractivity contribution in [2.75, 3.05) is 5.32 Å². The average molecular weight is 304 g/mol. The zero-order chi connectivity index (χ0) is 14.3. The normalized spacial score (nSPS) is 12.9. The maximum absolute atomic E-state index is 11.0. The third kappa shape index (κ3) is 2.28. The Bertz CT molecular complexity index is 743. The van der Waals surface area contributed by atoms with Crippen LogP contribution < -0.4 is 5.32 Å². The predicted octanol–water partition coefficient (Wildman–Crippen LogP) is 4.59. The molecule has 5 heteroatoms. The van der Waals surface area contributed by atoms with Gasteiger partial charge in [-0.25, -0.2) is 4.79 Å². The zero-order valence-electron chi connectivity index (χ0n) is 10.3. The van der Waals surface area contributed by atoms with Crippen molar-refractivity contribution in [1.82, 2.24) is 0 Å². The van der Waals surface area contributed by atoms with Gasteiger partial charge in [0.2, 0.25) is 0 Å². The number of fused-ring (bicyclic) bond motifs is 2. The Labute approximate surface area is 125 Å². The molecule has 1 heterocycles. The van der Waals surface area contributed by atoms with Crippen LogP contribution in [0.2, 0.25) is 5.02 Å². The molecule has 0 fully saturated rings. The zero-order valence-corrected chi connectivity index (χ0v) is 11.9. The lowest BCUT2D eigenvalue weighted by Gasteiger charge is -2.09. The first-order valence-corrected chi connectivity index (χ1v) is 7.05. The van der Waals surface area contributed by atoms with Gasteiger partial charge in [-0.2, -0.15) is 0 Å². The molecular weight excluding hydrogens is 294 g/mol. The number of carboxylic acids is 1. The molecule has 0 radical (unpaired) electrons. The van der Waals surface area contributed by atoms with Gasteiger partial charge in [-0.05, 0) is 36.4 Å². The highest BCUT2D eigenvalue weighted by molar-refractivity contribution is 7.99. The fourth-order valence-corrected chi connectivity index (χ4v) is 3.22. The second-order valence-corrected chi connectivity index (χ2v) is 5.88. The van der Waals surface area contributed by atoms with E-state index in [2.05, 4.69) is 11.9 Å². The number of rotatable bonds is 1. The molecule has 2 N–H and O–H groups in total. The Hall–Kier alpha value is -1.91. The van der Waals surface area contributed by atoms with E-state index in [4.69, 9.17) is 16.7 Å². The van der Waals surface area contributed by atoms with Crippen LogP contribution in [0.1, 0.15) is 15.9 Å². The molecule has 0 aromatic heterocycles. The van der Waals surface area contributed by atoms with Crippen LogP contribution in [0.3, 0.4) is 0 Å². The van der Waals surface area contributed by atoms with E-state index in [0.29, 0.717) is 10.7 Å². The monoisotopic (exact) mass is 303 g/mol. The number of aromatic carboxylic acids is 1. The van der Waals surface area contributed by atoms with Crippen molar-refractivity contribution in [2.45, 2.75) is 9.79 Å². The maximum atomic E-state index is 11.0. The maximum Gasteiger partial charge on any atom is 0.335 e. The smallest absolute Gasteiger partial charge is 0.335 e. The van der Waals surface area contributed by atoms with Crippen molar-refractivity contribution in [3.8, 4) is 0 Å². The molecule has 0 aliphatic carbocycles. The predicted molar refractivity (Wildman–Crippen MR) is 81.6 cm³/mol. The van der Waals surface area contributed by atoms with E-state index in [0.717, 1.165) is 21.0 Å². The van der Waals surface area contributed by atoms with E-state index in [1.807, 2.05) is 18.2 Å². The fraction of sp³-hybridized carbons (Fsp3) is 0. The summed E-state index contributed by atoms with van der Waals surface area (Å²) in [6.07, 6.45) is 0. The van der Waals surface area contributed by atoms with Gasteiger partial charge in [-0.3, -0.25) is 0 Å². The van der Waals surface area contributed by atoms with Crippen LogP contribution in [-0.2, 0) is 0 Å². The third-order valence-electron chi connectivity index (χ3n) is 3.00. The van der Waals surface area contributed by atoms with Crippen molar-refractivity contribution in [1.29, 1.82) is 0 Å². The van der Waals surface area contributed by atoms with Crippen molar-refractivity contribution < 1.29 is 9.90 Å². The summed E-state index contributed by atoms with van der Waals surface area (Å²) in [5.74, 6) is -0.949. The van der Waals surface area contributed by atoms with Gasteiger partial charge in [0.25, 0.3) is 0 Å².